The van der Waals surface area contributed by atoms with E-state index in [1.807, 2.05) is 0 Å². The summed E-state index contributed by atoms with van der Waals surface area (Å²) < 4.78 is 0. The molecule has 2 N–H and O–H groups in total. The number of carbonyl (C=O) groups excluding carboxylic acids is 1. The van der Waals surface area contributed by atoms with Gasteiger partial charge in [0.25, 0.3) is 0 Å². The average Bonchev–Trinajstić information content (AvgIpc) is 3.36. The van der Waals surface area contributed by atoms with E-state index in [1.165, 1.54) is 24.9 Å². The van der Waals surface area contributed by atoms with Gasteiger partial charge in [-0.25, -0.2) is 4.99 Å². The fourth-order valence-corrected chi connectivity index (χ4v) is 4.63. The largest absolute Gasteiger partial charge is 0.355 e. The first-order valence-corrected chi connectivity index (χ1v) is 11.7. The van der Waals surface area contributed by atoms with Gasteiger partial charge in [0.2, 0.25) is 5.91 Å². The summed E-state index contributed by atoms with van der Waals surface area (Å²) in [4.78, 5) is 23.4. The lowest BCUT2D eigenvalue weighted by Crippen LogP contribution is -2.49. The van der Waals surface area contributed by atoms with Gasteiger partial charge in [0.15, 0.2) is 5.96 Å². The number of guanidine groups is 1. The third-order valence-corrected chi connectivity index (χ3v) is 6.55. The fourth-order valence-electron chi connectivity index (χ4n) is 4.63. The van der Waals surface area contributed by atoms with E-state index in [-0.39, 0.29) is 12.5 Å². The van der Waals surface area contributed by atoms with E-state index in [1.54, 1.807) is 19.0 Å². The maximum atomic E-state index is 12.1. The third kappa shape index (κ3) is 6.94. The second-order valence-electron chi connectivity index (χ2n) is 9.10. The predicted molar refractivity (Wildman–Crippen MR) is 127 cm³/mol. The molecule has 1 amide bonds. The van der Waals surface area contributed by atoms with Crippen molar-refractivity contribution < 1.29 is 4.79 Å². The summed E-state index contributed by atoms with van der Waals surface area (Å²) in [6.45, 7) is 9.75. The van der Waals surface area contributed by atoms with Gasteiger partial charge in [-0.3, -0.25) is 14.6 Å². The lowest BCUT2D eigenvalue weighted by molar-refractivity contribution is -0.127. The molecule has 2 saturated heterocycles. The smallest absolute Gasteiger partial charge is 0.243 e. The SMILES string of the molecule is CCN1CCCC1CNC(=NCC(=O)N(C)C)NC1CC(C)N(Cc2ccccc2)C1. The highest BCUT2D eigenvalue weighted by molar-refractivity contribution is 5.85. The highest BCUT2D eigenvalue weighted by Crippen LogP contribution is 2.20. The monoisotopic (exact) mass is 428 g/mol. The summed E-state index contributed by atoms with van der Waals surface area (Å²) in [5.74, 6) is 0.777. The second-order valence-corrected chi connectivity index (χ2v) is 9.10. The van der Waals surface area contributed by atoms with Crippen LogP contribution in [-0.4, -0.2) is 91.5 Å². The first-order valence-electron chi connectivity index (χ1n) is 11.7. The highest BCUT2D eigenvalue weighted by Gasteiger charge is 2.30. The number of amides is 1. The quantitative estimate of drug-likeness (QED) is 0.488. The Morgan fingerprint density at radius 1 is 1.23 bits per heavy atom. The molecule has 3 unspecified atom stereocenters. The summed E-state index contributed by atoms with van der Waals surface area (Å²) in [6.07, 6.45) is 3.55. The molecule has 1 aromatic rings. The van der Waals surface area contributed by atoms with Gasteiger partial charge in [-0.15, -0.1) is 0 Å². The Balaban J connectivity index is 1.59. The number of benzene rings is 1. The molecule has 0 saturated carbocycles. The van der Waals surface area contributed by atoms with Crippen LogP contribution in [0.4, 0.5) is 0 Å². The van der Waals surface area contributed by atoms with Crippen molar-refractivity contribution in [1.82, 2.24) is 25.3 Å². The molecule has 172 valence electrons. The molecule has 2 aliphatic rings. The van der Waals surface area contributed by atoms with Crippen molar-refractivity contribution in [1.29, 1.82) is 0 Å². The Labute approximate surface area is 187 Å². The number of carbonyl (C=O) groups is 1. The molecule has 0 radical (unpaired) electrons. The topological polar surface area (TPSA) is 63.2 Å². The summed E-state index contributed by atoms with van der Waals surface area (Å²) >= 11 is 0. The Morgan fingerprint density at radius 2 is 2.00 bits per heavy atom. The lowest BCUT2D eigenvalue weighted by Gasteiger charge is -2.25. The van der Waals surface area contributed by atoms with Crippen LogP contribution in [0.5, 0.6) is 0 Å². The van der Waals surface area contributed by atoms with Gasteiger partial charge >= 0.3 is 0 Å². The molecular formula is C24H40N6O. The van der Waals surface area contributed by atoms with Gasteiger partial charge in [0.1, 0.15) is 6.54 Å². The van der Waals surface area contributed by atoms with E-state index in [9.17, 15) is 4.79 Å². The van der Waals surface area contributed by atoms with Crippen LogP contribution < -0.4 is 10.6 Å². The van der Waals surface area contributed by atoms with Gasteiger partial charge in [-0.1, -0.05) is 37.3 Å². The number of hydrogen-bond acceptors (Lipinski definition) is 4. The molecule has 0 aromatic heterocycles. The van der Waals surface area contributed by atoms with Crippen LogP contribution in [0.2, 0.25) is 0 Å². The van der Waals surface area contributed by atoms with Gasteiger partial charge in [0, 0.05) is 51.9 Å². The number of rotatable bonds is 8. The van der Waals surface area contributed by atoms with E-state index in [4.69, 9.17) is 0 Å². The van der Waals surface area contributed by atoms with Crippen LogP contribution in [0.25, 0.3) is 0 Å². The predicted octanol–water partition coefficient (Wildman–Crippen LogP) is 1.76. The van der Waals surface area contributed by atoms with Crippen molar-refractivity contribution >= 4 is 11.9 Å². The zero-order valence-corrected chi connectivity index (χ0v) is 19.7. The molecule has 0 spiro atoms. The van der Waals surface area contributed by atoms with Gasteiger partial charge in [-0.05, 0) is 44.8 Å². The van der Waals surface area contributed by atoms with Crippen molar-refractivity contribution in [3.63, 3.8) is 0 Å². The number of nitrogens with one attached hydrogen (secondary N) is 2. The number of hydrogen-bond donors (Lipinski definition) is 2. The zero-order chi connectivity index (χ0) is 22.2. The van der Waals surface area contributed by atoms with E-state index in [0.717, 1.165) is 38.6 Å². The Hall–Kier alpha value is -2.12. The summed E-state index contributed by atoms with van der Waals surface area (Å²) in [5, 5.41) is 7.16. The number of likely N-dealkylation sites (N-methyl/N-ethyl adjacent to an activating group) is 2. The van der Waals surface area contributed by atoms with Gasteiger partial charge in [-0.2, -0.15) is 0 Å². The van der Waals surface area contributed by atoms with E-state index in [2.05, 4.69) is 69.6 Å². The summed E-state index contributed by atoms with van der Waals surface area (Å²) in [6, 6.07) is 12.0. The third-order valence-electron chi connectivity index (χ3n) is 6.55. The molecule has 2 fully saturated rings. The number of nitrogens with zero attached hydrogens (tertiary/aromatic N) is 4. The Morgan fingerprint density at radius 3 is 2.71 bits per heavy atom. The summed E-state index contributed by atoms with van der Waals surface area (Å²) in [7, 11) is 3.55. The van der Waals surface area contributed by atoms with Gasteiger partial charge in [0.05, 0.1) is 0 Å². The first kappa shape index (κ1) is 23.5. The minimum Gasteiger partial charge on any atom is -0.355 e. The number of aliphatic imine (C=N–C) groups is 1. The zero-order valence-electron chi connectivity index (χ0n) is 19.7. The maximum Gasteiger partial charge on any atom is 0.243 e. The second kappa shape index (κ2) is 11.5. The Kier molecular flexibility index (Phi) is 8.72. The molecule has 3 atom stereocenters. The minimum atomic E-state index is 0.0163. The molecular weight excluding hydrogens is 388 g/mol. The maximum absolute atomic E-state index is 12.1. The van der Waals surface area contributed by atoms with Crippen molar-refractivity contribution in [2.45, 2.75) is 57.8 Å². The van der Waals surface area contributed by atoms with Crippen LogP contribution in [0.1, 0.15) is 38.7 Å². The van der Waals surface area contributed by atoms with Crippen molar-refractivity contribution in [2.75, 3.05) is 46.8 Å². The van der Waals surface area contributed by atoms with Crippen molar-refractivity contribution in [2.24, 2.45) is 4.99 Å². The molecule has 7 nitrogen and oxygen atoms in total. The van der Waals surface area contributed by atoms with Crippen LogP contribution >= 0.6 is 0 Å². The van der Waals surface area contributed by atoms with Gasteiger partial charge < -0.3 is 15.5 Å². The van der Waals surface area contributed by atoms with E-state index < -0.39 is 0 Å². The lowest BCUT2D eigenvalue weighted by atomic mass is 10.2. The fraction of sp³-hybridized carbons (Fsp3) is 0.667. The molecule has 0 bridgehead atoms. The highest BCUT2D eigenvalue weighted by atomic mass is 16.2. The number of likely N-dealkylation sites (tertiary alicyclic amines) is 2. The molecule has 31 heavy (non-hydrogen) atoms. The molecule has 2 aliphatic heterocycles. The molecule has 7 heteroatoms. The summed E-state index contributed by atoms with van der Waals surface area (Å²) in [5.41, 5.74) is 1.35. The Bertz CT molecular complexity index is 722. The van der Waals surface area contributed by atoms with Crippen LogP contribution in [0.15, 0.2) is 35.3 Å². The molecule has 0 aliphatic carbocycles. The minimum absolute atomic E-state index is 0.0163. The van der Waals surface area contributed by atoms with Crippen LogP contribution in [0.3, 0.4) is 0 Å². The van der Waals surface area contributed by atoms with Crippen molar-refractivity contribution in [3.8, 4) is 0 Å². The first-order chi connectivity index (χ1) is 15.0. The molecule has 1 aromatic carbocycles. The van der Waals surface area contributed by atoms with E-state index >= 15 is 0 Å². The van der Waals surface area contributed by atoms with Crippen molar-refractivity contribution in [3.05, 3.63) is 35.9 Å². The van der Waals surface area contributed by atoms with E-state index in [0.29, 0.717) is 18.1 Å². The normalized spacial score (nSPS) is 25.0. The molecule has 2 heterocycles. The standard InChI is InChI=1S/C24H40N6O/c1-5-29-13-9-12-22(29)15-25-24(26-16-23(31)28(3)4)27-21-14-19(2)30(18-21)17-20-10-7-6-8-11-20/h6-8,10-11,19,21-22H,5,9,12-18H2,1-4H3,(H2,25,26,27). The average molecular weight is 429 g/mol. The van der Waals surface area contributed by atoms with Crippen LogP contribution in [-0.2, 0) is 11.3 Å². The molecule has 3 rings (SSSR count). The van der Waals surface area contributed by atoms with Crippen LogP contribution in [0, 0.1) is 0 Å².